The Morgan fingerprint density at radius 1 is 1.00 bits per heavy atom. The number of hydrogen-bond acceptors (Lipinski definition) is 3. The van der Waals surface area contributed by atoms with Crippen LogP contribution < -0.4 is 0 Å². The van der Waals surface area contributed by atoms with Crippen molar-refractivity contribution in [2.24, 2.45) is 0 Å². The lowest BCUT2D eigenvalue weighted by Crippen LogP contribution is -2.52. The van der Waals surface area contributed by atoms with Crippen molar-refractivity contribution in [3.8, 4) is 0 Å². The molecule has 0 radical (unpaired) electrons. The Morgan fingerprint density at radius 2 is 1.43 bits per heavy atom. The summed E-state index contributed by atoms with van der Waals surface area (Å²) >= 11 is 0. The van der Waals surface area contributed by atoms with Gasteiger partial charge in [0.1, 0.15) is 5.60 Å². The Hall–Kier alpha value is -0.570. The van der Waals surface area contributed by atoms with Gasteiger partial charge in [-0.3, -0.25) is 4.79 Å². The molecule has 2 bridgehead atoms. The molecule has 0 aromatic rings. The van der Waals surface area contributed by atoms with Gasteiger partial charge in [-0.1, -0.05) is 0 Å². The zero-order valence-electron chi connectivity index (χ0n) is 8.97. The Balaban J connectivity index is 2.05. The summed E-state index contributed by atoms with van der Waals surface area (Å²) in [7, 11) is 1.80. The van der Waals surface area contributed by atoms with Gasteiger partial charge < -0.3 is 9.47 Å². The largest absolute Gasteiger partial charge is 0.459 e. The van der Waals surface area contributed by atoms with E-state index in [0.717, 1.165) is 38.5 Å². The smallest absolute Gasteiger partial charge is 0.303 e. The first kappa shape index (κ1) is 9.97. The second kappa shape index (κ2) is 3.23. The highest BCUT2D eigenvalue weighted by Crippen LogP contribution is 2.50. The van der Waals surface area contributed by atoms with E-state index < -0.39 is 0 Å². The van der Waals surface area contributed by atoms with Gasteiger partial charge in [0.05, 0.1) is 5.60 Å². The Morgan fingerprint density at radius 3 is 1.79 bits per heavy atom. The number of hydrogen-bond donors (Lipinski definition) is 0. The summed E-state index contributed by atoms with van der Waals surface area (Å²) in [5.74, 6) is -0.142. The Kier molecular flexibility index (Phi) is 2.30. The van der Waals surface area contributed by atoms with Crippen molar-refractivity contribution in [1.82, 2.24) is 0 Å². The second-order valence-corrected chi connectivity index (χ2v) is 4.66. The number of carbonyl (C=O) groups is 1. The third-order valence-corrected chi connectivity index (χ3v) is 3.90. The summed E-state index contributed by atoms with van der Waals surface area (Å²) in [5, 5.41) is 0. The molecule has 0 amide bonds. The molecule has 0 spiro atoms. The average molecular weight is 198 g/mol. The van der Waals surface area contributed by atoms with Crippen molar-refractivity contribution >= 4 is 5.97 Å². The number of esters is 1. The molecular formula is C11H18O3. The van der Waals surface area contributed by atoms with Crippen LogP contribution in [0.3, 0.4) is 0 Å². The lowest BCUT2D eigenvalue weighted by molar-refractivity contribution is -0.189. The highest BCUT2D eigenvalue weighted by molar-refractivity contribution is 5.66. The Labute approximate surface area is 84.8 Å². The van der Waals surface area contributed by atoms with E-state index in [2.05, 4.69) is 0 Å². The average Bonchev–Trinajstić information content (AvgIpc) is 2.19. The van der Waals surface area contributed by atoms with E-state index in [0.29, 0.717) is 0 Å². The zero-order chi connectivity index (χ0) is 10.2. The van der Waals surface area contributed by atoms with Crippen LogP contribution in [-0.4, -0.2) is 24.3 Å². The maximum absolute atomic E-state index is 11.0. The molecule has 0 N–H and O–H groups in total. The van der Waals surface area contributed by atoms with Crippen LogP contribution in [0.5, 0.6) is 0 Å². The van der Waals surface area contributed by atoms with Crippen molar-refractivity contribution < 1.29 is 14.3 Å². The van der Waals surface area contributed by atoms with Crippen LogP contribution in [-0.2, 0) is 14.3 Å². The van der Waals surface area contributed by atoms with Crippen LogP contribution in [0.2, 0.25) is 0 Å². The molecule has 0 unspecified atom stereocenters. The predicted octanol–water partition coefficient (Wildman–Crippen LogP) is 2.04. The number of rotatable bonds is 2. The van der Waals surface area contributed by atoms with E-state index in [4.69, 9.17) is 9.47 Å². The van der Waals surface area contributed by atoms with Crippen LogP contribution >= 0.6 is 0 Å². The van der Waals surface area contributed by atoms with E-state index in [1.54, 1.807) is 7.11 Å². The van der Waals surface area contributed by atoms with E-state index >= 15 is 0 Å². The first-order chi connectivity index (χ1) is 6.60. The van der Waals surface area contributed by atoms with E-state index in [-0.39, 0.29) is 17.2 Å². The lowest BCUT2D eigenvalue weighted by atomic mass is 9.65. The summed E-state index contributed by atoms with van der Waals surface area (Å²) in [4.78, 5) is 11.0. The van der Waals surface area contributed by atoms with E-state index in [1.165, 1.54) is 6.92 Å². The maximum atomic E-state index is 11.0. The van der Waals surface area contributed by atoms with Gasteiger partial charge in [0.25, 0.3) is 0 Å². The fraction of sp³-hybridized carbons (Fsp3) is 0.909. The van der Waals surface area contributed by atoms with Gasteiger partial charge in [-0.05, 0) is 38.5 Å². The van der Waals surface area contributed by atoms with Crippen LogP contribution in [0, 0.1) is 0 Å². The molecule has 3 heteroatoms. The van der Waals surface area contributed by atoms with Gasteiger partial charge in [0, 0.05) is 14.0 Å². The van der Waals surface area contributed by atoms with Crippen molar-refractivity contribution in [3.63, 3.8) is 0 Å². The number of ether oxygens (including phenoxy) is 2. The van der Waals surface area contributed by atoms with Crippen LogP contribution in [0.15, 0.2) is 0 Å². The fourth-order valence-electron chi connectivity index (χ4n) is 2.88. The molecule has 3 nitrogen and oxygen atoms in total. The highest BCUT2D eigenvalue weighted by Gasteiger charge is 2.50. The zero-order valence-corrected chi connectivity index (χ0v) is 8.97. The minimum atomic E-state index is -0.147. The van der Waals surface area contributed by atoms with E-state index in [9.17, 15) is 4.79 Å². The molecule has 3 rings (SSSR count). The monoisotopic (exact) mass is 198 g/mol. The van der Waals surface area contributed by atoms with Gasteiger partial charge in [-0.25, -0.2) is 0 Å². The number of fused-ring (bicyclic) bond motifs is 3. The van der Waals surface area contributed by atoms with Gasteiger partial charge in [0.2, 0.25) is 0 Å². The summed E-state index contributed by atoms with van der Waals surface area (Å²) in [6, 6.07) is 0. The normalized spacial score (nSPS) is 41.0. The number of carbonyl (C=O) groups excluding carboxylic acids is 1. The van der Waals surface area contributed by atoms with Crippen molar-refractivity contribution in [2.45, 2.75) is 56.7 Å². The fourth-order valence-corrected chi connectivity index (χ4v) is 2.88. The standard InChI is InChI=1S/C11H18O3/c1-9(12)14-11-6-3-10(13-2,4-7-11)5-8-11/h3-8H2,1-2H3. The van der Waals surface area contributed by atoms with Crippen molar-refractivity contribution in [1.29, 1.82) is 0 Å². The molecule has 14 heavy (non-hydrogen) atoms. The molecule has 3 aliphatic carbocycles. The van der Waals surface area contributed by atoms with Crippen LogP contribution in [0.4, 0.5) is 0 Å². The first-order valence-corrected chi connectivity index (χ1v) is 5.35. The van der Waals surface area contributed by atoms with Crippen molar-refractivity contribution in [3.05, 3.63) is 0 Å². The van der Waals surface area contributed by atoms with Gasteiger partial charge in [-0.15, -0.1) is 0 Å². The molecule has 0 aliphatic heterocycles. The summed E-state index contributed by atoms with van der Waals surface area (Å²) < 4.78 is 11.0. The summed E-state index contributed by atoms with van der Waals surface area (Å²) in [5.41, 5.74) is -0.0476. The Bertz CT molecular complexity index is 222. The van der Waals surface area contributed by atoms with Crippen molar-refractivity contribution in [2.75, 3.05) is 7.11 Å². The molecule has 0 heterocycles. The quantitative estimate of drug-likeness (QED) is 0.637. The van der Waals surface area contributed by atoms with Crippen LogP contribution in [0.1, 0.15) is 45.4 Å². The second-order valence-electron chi connectivity index (χ2n) is 4.66. The van der Waals surface area contributed by atoms with E-state index in [1.807, 2.05) is 0 Å². The lowest BCUT2D eigenvalue weighted by Gasteiger charge is -2.51. The highest BCUT2D eigenvalue weighted by atomic mass is 16.6. The molecule has 3 saturated carbocycles. The molecular weight excluding hydrogens is 180 g/mol. The molecule has 0 saturated heterocycles. The molecule has 80 valence electrons. The summed E-state index contributed by atoms with van der Waals surface area (Å²) in [6.45, 7) is 1.50. The number of methoxy groups -OCH3 is 1. The minimum absolute atomic E-state index is 0.0991. The molecule has 0 aromatic heterocycles. The first-order valence-electron chi connectivity index (χ1n) is 5.35. The van der Waals surface area contributed by atoms with Gasteiger partial charge in [-0.2, -0.15) is 0 Å². The predicted molar refractivity (Wildman–Crippen MR) is 51.9 cm³/mol. The molecule has 0 atom stereocenters. The molecule has 0 aromatic carbocycles. The SMILES string of the molecule is COC12CCC(OC(C)=O)(CC1)CC2. The van der Waals surface area contributed by atoms with Gasteiger partial charge in [0.15, 0.2) is 0 Å². The maximum Gasteiger partial charge on any atom is 0.303 e. The van der Waals surface area contributed by atoms with Crippen LogP contribution in [0.25, 0.3) is 0 Å². The molecule has 3 fully saturated rings. The van der Waals surface area contributed by atoms with Gasteiger partial charge >= 0.3 is 5.97 Å². The minimum Gasteiger partial charge on any atom is -0.459 e. The summed E-state index contributed by atoms with van der Waals surface area (Å²) in [6.07, 6.45) is 6.03. The third-order valence-electron chi connectivity index (χ3n) is 3.90. The third kappa shape index (κ3) is 1.54. The topological polar surface area (TPSA) is 35.5 Å². The molecule has 3 aliphatic rings.